The van der Waals surface area contributed by atoms with Crippen molar-refractivity contribution in [3.05, 3.63) is 71.8 Å². The molecule has 0 aliphatic carbocycles. The summed E-state index contributed by atoms with van der Waals surface area (Å²) in [6, 6.07) is 12.1. The van der Waals surface area contributed by atoms with Gasteiger partial charge in [0.15, 0.2) is 11.5 Å². The Kier molecular flexibility index (Phi) is 6.79. The first-order valence-electron chi connectivity index (χ1n) is 8.10. The molecule has 0 aromatic heterocycles. The summed E-state index contributed by atoms with van der Waals surface area (Å²) in [5.41, 5.74) is 1.83. The van der Waals surface area contributed by atoms with Gasteiger partial charge in [-0.25, -0.2) is 0 Å². The quantitative estimate of drug-likeness (QED) is 0.714. The fraction of sp³-hybridized carbons (Fsp3) is 0.200. The number of ether oxygens (including phenoxy) is 2. The fourth-order valence-corrected chi connectivity index (χ4v) is 2.33. The van der Waals surface area contributed by atoms with Crippen molar-refractivity contribution >= 4 is 11.8 Å². The minimum atomic E-state index is -0.246. The Hall–Kier alpha value is -3.28. The SMILES string of the molecule is C=CCOc1ccc(C(=O)NCc2cccc(C(=O)NC)c2)cc1OC. The molecule has 2 aromatic rings. The molecule has 0 aliphatic heterocycles. The Labute approximate surface area is 152 Å². The molecule has 6 heteroatoms. The summed E-state index contributed by atoms with van der Waals surface area (Å²) in [6.07, 6.45) is 1.63. The number of rotatable bonds is 8. The lowest BCUT2D eigenvalue weighted by Gasteiger charge is -2.11. The molecule has 0 fully saturated rings. The first-order valence-corrected chi connectivity index (χ1v) is 8.10. The molecule has 0 heterocycles. The molecule has 26 heavy (non-hydrogen) atoms. The number of methoxy groups -OCH3 is 1. The second kappa shape index (κ2) is 9.27. The zero-order valence-electron chi connectivity index (χ0n) is 14.9. The van der Waals surface area contributed by atoms with Gasteiger partial charge in [0.25, 0.3) is 11.8 Å². The fourth-order valence-electron chi connectivity index (χ4n) is 2.33. The van der Waals surface area contributed by atoms with Crippen molar-refractivity contribution in [2.75, 3.05) is 20.8 Å². The summed E-state index contributed by atoms with van der Waals surface area (Å²) in [5.74, 6) is 0.602. The van der Waals surface area contributed by atoms with Crippen molar-refractivity contribution in [1.82, 2.24) is 10.6 Å². The van der Waals surface area contributed by atoms with Crippen LogP contribution in [0.3, 0.4) is 0 Å². The van der Waals surface area contributed by atoms with E-state index in [-0.39, 0.29) is 11.8 Å². The molecule has 0 spiro atoms. The summed E-state index contributed by atoms with van der Waals surface area (Å²) >= 11 is 0. The zero-order valence-corrected chi connectivity index (χ0v) is 14.9. The highest BCUT2D eigenvalue weighted by Gasteiger charge is 2.11. The van der Waals surface area contributed by atoms with Crippen LogP contribution in [0, 0.1) is 0 Å². The smallest absolute Gasteiger partial charge is 0.251 e. The average molecular weight is 354 g/mol. The van der Waals surface area contributed by atoms with Crippen molar-refractivity contribution in [1.29, 1.82) is 0 Å². The van der Waals surface area contributed by atoms with E-state index in [2.05, 4.69) is 17.2 Å². The molecular weight excluding hydrogens is 332 g/mol. The van der Waals surface area contributed by atoms with Gasteiger partial charge in [0, 0.05) is 24.7 Å². The van der Waals surface area contributed by atoms with E-state index in [4.69, 9.17) is 9.47 Å². The second-order valence-electron chi connectivity index (χ2n) is 5.43. The van der Waals surface area contributed by atoms with Crippen LogP contribution in [0.15, 0.2) is 55.1 Å². The molecule has 0 atom stereocenters. The first kappa shape index (κ1) is 19.1. The lowest BCUT2D eigenvalue weighted by Crippen LogP contribution is -2.23. The molecular formula is C20H22N2O4. The molecule has 0 bridgehead atoms. The maximum absolute atomic E-state index is 12.4. The highest BCUT2D eigenvalue weighted by molar-refractivity contribution is 5.95. The average Bonchev–Trinajstić information content (AvgIpc) is 2.69. The van der Waals surface area contributed by atoms with Gasteiger partial charge in [0.05, 0.1) is 7.11 Å². The van der Waals surface area contributed by atoms with Gasteiger partial charge >= 0.3 is 0 Å². The summed E-state index contributed by atoms with van der Waals surface area (Å²) in [6.45, 7) is 4.25. The van der Waals surface area contributed by atoms with Crippen LogP contribution in [0.25, 0.3) is 0 Å². The predicted molar refractivity (Wildman–Crippen MR) is 99.7 cm³/mol. The highest BCUT2D eigenvalue weighted by Crippen LogP contribution is 2.28. The third kappa shape index (κ3) is 4.86. The van der Waals surface area contributed by atoms with E-state index < -0.39 is 0 Å². The van der Waals surface area contributed by atoms with Gasteiger partial charge in [-0.1, -0.05) is 24.8 Å². The summed E-state index contributed by atoms with van der Waals surface area (Å²) in [5, 5.41) is 5.40. The van der Waals surface area contributed by atoms with Crippen molar-refractivity contribution in [2.24, 2.45) is 0 Å². The second-order valence-corrected chi connectivity index (χ2v) is 5.43. The summed E-state index contributed by atoms with van der Waals surface area (Å²) in [4.78, 5) is 24.1. The van der Waals surface area contributed by atoms with Gasteiger partial charge in [-0.05, 0) is 35.9 Å². The van der Waals surface area contributed by atoms with Gasteiger partial charge in [0.2, 0.25) is 0 Å². The predicted octanol–water partition coefficient (Wildman–Crippen LogP) is 2.55. The van der Waals surface area contributed by atoms with Gasteiger partial charge in [-0.15, -0.1) is 0 Å². The van der Waals surface area contributed by atoms with E-state index in [9.17, 15) is 9.59 Å². The molecule has 0 radical (unpaired) electrons. The lowest BCUT2D eigenvalue weighted by atomic mass is 10.1. The van der Waals surface area contributed by atoms with Crippen molar-refractivity contribution < 1.29 is 19.1 Å². The van der Waals surface area contributed by atoms with Gasteiger partial charge in [-0.3, -0.25) is 9.59 Å². The monoisotopic (exact) mass is 354 g/mol. The van der Waals surface area contributed by atoms with Crippen LogP contribution in [0.1, 0.15) is 26.3 Å². The van der Waals surface area contributed by atoms with E-state index in [0.29, 0.717) is 35.8 Å². The Balaban J connectivity index is 2.06. The third-order valence-corrected chi connectivity index (χ3v) is 3.65. The van der Waals surface area contributed by atoms with Crippen LogP contribution in [0.5, 0.6) is 11.5 Å². The molecule has 2 aromatic carbocycles. The maximum atomic E-state index is 12.4. The minimum absolute atomic E-state index is 0.168. The van der Waals surface area contributed by atoms with Crippen LogP contribution in [-0.4, -0.2) is 32.6 Å². The topological polar surface area (TPSA) is 76.7 Å². The molecule has 0 unspecified atom stereocenters. The molecule has 0 saturated heterocycles. The Bertz CT molecular complexity index is 802. The minimum Gasteiger partial charge on any atom is -0.493 e. The van der Waals surface area contributed by atoms with Crippen molar-refractivity contribution in [2.45, 2.75) is 6.54 Å². The van der Waals surface area contributed by atoms with E-state index >= 15 is 0 Å². The third-order valence-electron chi connectivity index (χ3n) is 3.65. The number of benzene rings is 2. The standard InChI is InChI=1S/C20H22N2O4/c1-4-10-26-17-9-8-16(12-18(17)25-3)20(24)22-13-14-6-5-7-15(11-14)19(23)21-2/h4-9,11-12H,1,10,13H2,2-3H3,(H,21,23)(H,22,24). The van der Waals surface area contributed by atoms with Crippen LogP contribution in [0.2, 0.25) is 0 Å². The van der Waals surface area contributed by atoms with Gasteiger partial charge < -0.3 is 20.1 Å². The van der Waals surface area contributed by atoms with Crippen LogP contribution >= 0.6 is 0 Å². The molecule has 136 valence electrons. The van der Waals surface area contributed by atoms with Crippen molar-refractivity contribution in [3.8, 4) is 11.5 Å². The molecule has 2 N–H and O–H groups in total. The number of carbonyl (C=O) groups excluding carboxylic acids is 2. The molecule has 6 nitrogen and oxygen atoms in total. The molecule has 0 saturated carbocycles. The van der Waals surface area contributed by atoms with Crippen LogP contribution in [-0.2, 0) is 6.54 Å². The number of hydrogen-bond acceptors (Lipinski definition) is 4. The Morgan fingerprint density at radius 2 is 1.85 bits per heavy atom. The molecule has 2 rings (SSSR count). The molecule has 0 aliphatic rings. The normalized spacial score (nSPS) is 9.92. The Morgan fingerprint density at radius 1 is 1.08 bits per heavy atom. The summed E-state index contributed by atoms with van der Waals surface area (Å²) in [7, 11) is 3.09. The van der Waals surface area contributed by atoms with Gasteiger partial charge in [0.1, 0.15) is 6.61 Å². The summed E-state index contributed by atoms with van der Waals surface area (Å²) < 4.78 is 10.7. The van der Waals surface area contributed by atoms with Gasteiger partial charge in [-0.2, -0.15) is 0 Å². The maximum Gasteiger partial charge on any atom is 0.251 e. The zero-order chi connectivity index (χ0) is 18.9. The number of carbonyl (C=O) groups is 2. The van der Waals surface area contributed by atoms with E-state index in [0.717, 1.165) is 5.56 Å². The molecule has 2 amide bonds. The Morgan fingerprint density at radius 3 is 2.54 bits per heavy atom. The number of nitrogens with one attached hydrogen (secondary N) is 2. The highest BCUT2D eigenvalue weighted by atomic mass is 16.5. The van der Waals surface area contributed by atoms with E-state index in [1.807, 2.05) is 6.07 Å². The van der Waals surface area contributed by atoms with E-state index in [1.165, 1.54) is 7.11 Å². The van der Waals surface area contributed by atoms with Crippen LogP contribution in [0.4, 0.5) is 0 Å². The van der Waals surface area contributed by atoms with Crippen molar-refractivity contribution in [3.63, 3.8) is 0 Å². The first-order chi connectivity index (χ1) is 12.6. The number of hydrogen-bond donors (Lipinski definition) is 2. The van der Waals surface area contributed by atoms with E-state index in [1.54, 1.807) is 49.5 Å². The largest absolute Gasteiger partial charge is 0.493 e. The number of amides is 2. The van der Waals surface area contributed by atoms with Crippen LogP contribution < -0.4 is 20.1 Å². The lowest BCUT2D eigenvalue weighted by molar-refractivity contribution is 0.0948.